The monoisotopic (exact) mass is 235 g/mol. The summed E-state index contributed by atoms with van der Waals surface area (Å²) >= 11 is 0. The van der Waals surface area contributed by atoms with Gasteiger partial charge in [-0.2, -0.15) is 5.10 Å². The highest BCUT2D eigenvalue weighted by atomic mass is 15.3. The van der Waals surface area contributed by atoms with Crippen LogP contribution in [0.25, 0.3) is 0 Å². The lowest BCUT2D eigenvalue weighted by molar-refractivity contribution is 0.163. The first-order valence-corrected chi connectivity index (χ1v) is 6.58. The second-order valence-electron chi connectivity index (χ2n) is 6.60. The summed E-state index contributed by atoms with van der Waals surface area (Å²) in [5.74, 6) is 0. The third kappa shape index (κ3) is 2.89. The van der Waals surface area contributed by atoms with Gasteiger partial charge in [0.2, 0.25) is 0 Å². The average molecular weight is 235 g/mol. The van der Waals surface area contributed by atoms with E-state index in [2.05, 4.69) is 25.0 Å². The van der Waals surface area contributed by atoms with Crippen molar-refractivity contribution in [1.82, 2.24) is 9.78 Å². The van der Waals surface area contributed by atoms with Crippen molar-refractivity contribution in [3.8, 4) is 0 Å². The number of rotatable bonds is 2. The molecule has 1 aromatic heterocycles. The second kappa shape index (κ2) is 4.13. The Morgan fingerprint density at radius 1 is 1.29 bits per heavy atom. The number of hydrogen-bond donors (Lipinski definition) is 1. The Morgan fingerprint density at radius 3 is 2.35 bits per heavy atom. The van der Waals surface area contributed by atoms with E-state index in [1.807, 2.05) is 18.7 Å². The Bertz CT molecular complexity index is 394. The maximum absolute atomic E-state index is 6.55. The molecule has 1 heterocycles. The molecule has 0 aromatic carbocycles. The molecule has 1 fully saturated rings. The molecule has 0 aliphatic heterocycles. The van der Waals surface area contributed by atoms with Gasteiger partial charge in [-0.3, -0.25) is 4.68 Å². The SMILES string of the molecule is Cc1cc(CC2(N)CCC(C)(C)CC2)n(C)n1. The lowest BCUT2D eigenvalue weighted by atomic mass is 9.68. The van der Waals surface area contributed by atoms with Gasteiger partial charge >= 0.3 is 0 Å². The molecule has 1 aromatic rings. The molecule has 0 spiro atoms. The second-order valence-corrected chi connectivity index (χ2v) is 6.60. The Kier molecular flexibility index (Phi) is 3.06. The maximum Gasteiger partial charge on any atom is 0.0596 e. The fourth-order valence-corrected chi connectivity index (χ4v) is 2.79. The molecule has 1 aliphatic carbocycles. The van der Waals surface area contributed by atoms with Crippen LogP contribution in [0, 0.1) is 12.3 Å². The Hall–Kier alpha value is -0.830. The highest BCUT2D eigenvalue weighted by molar-refractivity contribution is 5.13. The highest BCUT2D eigenvalue weighted by Gasteiger charge is 2.35. The first kappa shape index (κ1) is 12.6. The first-order chi connectivity index (χ1) is 7.80. The number of nitrogens with zero attached hydrogens (tertiary/aromatic N) is 2. The molecule has 0 saturated heterocycles. The van der Waals surface area contributed by atoms with Crippen LogP contribution in [0.4, 0.5) is 0 Å². The normalized spacial score (nSPS) is 22.6. The summed E-state index contributed by atoms with van der Waals surface area (Å²) < 4.78 is 1.98. The third-order valence-electron chi connectivity index (χ3n) is 4.23. The van der Waals surface area contributed by atoms with Gasteiger partial charge in [-0.15, -0.1) is 0 Å². The molecule has 96 valence electrons. The summed E-state index contributed by atoms with van der Waals surface area (Å²) in [7, 11) is 2.01. The highest BCUT2D eigenvalue weighted by Crippen LogP contribution is 2.40. The summed E-state index contributed by atoms with van der Waals surface area (Å²) in [6, 6.07) is 2.16. The fourth-order valence-electron chi connectivity index (χ4n) is 2.79. The summed E-state index contributed by atoms with van der Waals surface area (Å²) in [5, 5.41) is 4.40. The Labute approximate surface area is 104 Å². The Balaban J connectivity index is 2.06. The van der Waals surface area contributed by atoms with Crippen molar-refractivity contribution in [2.45, 2.75) is 58.4 Å². The van der Waals surface area contributed by atoms with E-state index in [1.165, 1.54) is 18.5 Å². The molecule has 2 rings (SSSR count). The average Bonchev–Trinajstić information content (AvgIpc) is 2.51. The zero-order chi connectivity index (χ0) is 12.7. The number of nitrogens with two attached hydrogens (primary N) is 1. The molecule has 3 heteroatoms. The number of hydrogen-bond acceptors (Lipinski definition) is 2. The summed E-state index contributed by atoms with van der Waals surface area (Å²) in [6.07, 6.45) is 5.69. The zero-order valence-corrected chi connectivity index (χ0v) is 11.6. The Morgan fingerprint density at radius 2 is 1.88 bits per heavy atom. The van der Waals surface area contributed by atoms with E-state index >= 15 is 0 Å². The molecule has 0 amide bonds. The minimum atomic E-state index is -0.0181. The first-order valence-electron chi connectivity index (χ1n) is 6.58. The quantitative estimate of drug-likeness (QED) is 0.856. The van der Waals surface area contributed by atoms with Gasteiger partial charge in [-0.05, 0) is 44.1 Å². The van der Waals surface area contributed by atoms with E-state index in [0.29, 0.717) is 5.41 Å². The minimum absolute atomic E-state index is 0.0181. The van der Waals surface area contributed by atoms with E-state index < -0.39 is 0 Å². The van der Waals surface area contributed by atoms with Crippen LogP contribution >= 0.6 is 0 Å². The van der Waals surface area contributed by atoms with Crippen molar-refractivity contribution in [1.29, 1.82) is 0 Å². The standard InChI is InChI=1S/C14H25N3/c1-11-9-12(17(4)16-11)10-14(15)7-5-13(2,3)6-8-14/h9H,5-8,10,15H2,1-4H3. The van der Waals surface area contributed by atoms with Gasteiger partial charge in [0.1, 0.15) is 0 Å². The number of aromatic nitrogens is 2. The molecule has 0 atom stereocenters. The maximum atomic E-state index is 6.55. The van der Waals surface area contributed by atoms with Gasteiger partial charge < -0.3 is 5.73 Å². The third-order valence-corrected chi connectivity index (χ3v) is 4.23. The molecule has 1 aliphatic rings. The largest absolute Gasteiger partial charge is 0.325 e. The van der Waals surface area contributed by atoms with E-state index in [-0.39, 0.29) is 5.54 Å². The van der Waals surface area contributed by atoms with Crippen molar-refractivity contribution >= 4 is 0 Å². The smallest absolute Gasteiger partial charge is 0.0596 e. The fraction of sp³-hybridized carbons (Fsp3) is 0.786. The predicted octanol–water partition coefficient (Wildman–Crippen LogP) is 2.57. The van der Waals surface area contributed by atoms with Gasteiger partial charge in [0.05, 0.1) is 5.69 Å². The lowest BCUT2D eigenvalue weighted by Crippen LogP contribution is -2.47. The zero-order valence-electron chi connectivity index (χ0n) is 11.6. The molecule has 3 nitrogen and oxygen atoms in total. The van der Waals surface area contributed by atoms with Gasteiger partial charge in [0.15, 0.2) is 0 Å². The molecular weight excluding hydrogens is 210 g/mol. The van der Waals surface area contributed by atoms with Crippen LogP contribution in [0.2, 0.25) is 0 Å². The molecule has 0 bridgehead atoms. The van der Waals surface area contributed by atoms with Gasteiger partial charge in [0, 0.05) is 24.7 Å². The van der Waals surface area contributed by atoms with Crippen LogP contribution in [0.3, 0.4) is 0 Å². The van der Waals surface area contributed by atoms with E-state index in [1.54, 1.807) is 0 Å². The van der Waals surface area contributed by atoms with Gasteiger partial charge in [-0.1, -0.05) is 13.8 Å². The molecule has 2 N–H and O–H groups in total. The van der Waals surface area contributed by atoms with E-state index in [9.17, 15) is 0 Å². The van der Waals surface area contributed by atoms with Gasteiger partial charge in [0.25, 0.3) is 0 Å². The van der Waals surface area contributed by atoms with Crippen LogP contribution < -0.4 is 5.73 Å². The van der Waals surface area contributed by atoms with Crippen molar-refractivity contribution in [3.05, 3.63) is 17.5 Å². The van der Waals surface area contributed by atoms with E-state index in [4.69, 9.17) is 5.73 Å². The van der Waals surface area contributed by atoms with Crippen molar-refractivity contribution in [3.63, 3.8) is 0 Å². The van der Waals surface area contributed by atoms with Crippen LogP contribution in [-0.2, 0) is 13.5 Å². The molecule has 1 saturated carbocycles. The topological polar surface area (TPSA) is 43.8 Å². The molecule has 0 radical (unpaired) electrons. The lowest BCUT2D eigenvalue weighted by Gasteiger charge is -2.41. The summed E-state index contributed by atoms with van der Waals surface area (Å²) in [5.41, 5.74) is 9.36. The summed E-state index contributed by atoms with van der Waals surface area (Å²) in [4.78, 5) is 0. The van der Waals surface area contributed by atoms with Crippen LogP contribution in [0.5, 0.6) is 0 Å². The van der Waals surface area contributed by atoms with Crippen LogP contribution in [0.15, 0.2) is 6.07 Å². The van der Waals surface area contributed by atoms with Crippen molar-refractivity contribution < 1.29 is 0 Å². The molecule has 0 unspecified atom stereocenters. The molecule has 17 heavy (non-hydrogen) atoms. The summed E-state index contributed by atoms with van der Waals surface area (Å²) in [6.45, 7) is 6.73. The van der Waals surface area contributed by atoms with E-state index in [0.717, 1.165) is 25.0 Å². The van der Waals surface area contributed by atoms with Crippen LogP contribution in [0.1, 0.15) is 50.9 Å². The van der Waals surface area contributed by atoms with Crippen molar-refractivity contribution in [2.75, 3.05) is 0 Å². The number of aryl methyl sites for hydroxylation is 2. The van der Waals surface area contributed by atoms with Gasteiger partial charge in [-0.25, -0.2) is 0 Å². The predicted molar refractivity (Wildman–Crippen MR) is 70.8 cm³/mol. The minimum Gasteiger partial charge on any atom is -0.325 e. The van der Waals surface area contributed by atoms with Crippen LogP contribution in [-0.4, -0.2) is 15.3 Å². The van der Waals surface area contributed by atoms with Crippen molar-refractivity contribution in [2.24, 2.45) is 18.2 Å². The molecular formula is C14H25N3.